The molecule has 144 valence electrons. The highest BCUT2D eigenvalue weighted by molar-refractivity contribution is 5.77. The average Bonchev–Trinajstić information content (AvgIpc) is 3.44. The molecule has 5 rings (SSSR count). The Hall–Kier alpha value is -2.82. The molecule has 2 aromatic heterocycles. The summed E-state index contributed by atoms with van der Waals surface area (Å²) in [4.78, 5) is 6.83. The lowest BCUT2D eigenvalue weighted by molar-refractivity contribution is 0.453. The molecular weight excluding hydrogens is 348 g/mol. The number of fused-ring (bicyclic) bond motifs is 1. The number of ether oxygens (including phenoxy) is 1. The van der Waals surface area contributed by atoms with Crippen LogP contribution in [-0.2, 0) is 6.42 Å². The van der Waals surface area contributed by atoms with E-state index in [0.29, 0.717) is 18.0 Å². The van der Waals surface area contributed by atoms with E-state index in [1.54, 1.807) is 0 Å². The van der Waals surface area contributed by atoms with E-state index in [0.717, 1.165) is 35.3 Å². The maximum atomic E-state index is 6.41. The Morgan fingerprint density at radius 1 is 1.07 bits per heavy atom. The van der Waals surface area contributed by atoms with Gasteiger partial charge < -0.3 is 9.64 Å². The van der Waals surface area contributed by atoms with Gasteiger partial charge in [0, 0.05) is 53.9 Å². The number of aryl methyl sites for hydroxylation is 1. The van der Waals surface area contributed by atoms with E-state index in [-0.39, 0.29) is 0 Å². The average molecular weight is 374 g/mol. The maximum absolute atomic E-state index is 6.41. The van der Waals surface area contributed by atoms with Crippen molar-refractivity contribution in [2.45, 2.75) is 51.6 Å². The standard InChI is InChI=1S/C23H26N4O/c1-15-4-11-22(24-12-15)28-23-19(17-13-25-27(14-17)18-6-7-18)9-10-21-20(23)8-5-16(2)26(21)3/h4,9-14,16,18H,5-8H2,1-3H3. The summed E-state index contributed by atoms with van der Waals surface area (Å²) in [6.45, 7) is 4.31. The van der Waals surface area contributed by atoms with Crippen LogP contribution in [0.15, 0.2) is 42.9 Å². The smallest absolute Gasteiger partial charge is 0.219 e. The lowest BCUT2D eigenvalue weighted by Crippen LogP contribution is -2.33. The van der Waals surface area contributed by atoms with Crippen LogP contribution in [0.4, 0.5) is 5.69 Å². The molecule has 28 heavy (non-hydrogen) atoms. The molecule has 1 fully saturated rings. The molecule has 3 heterocycles. The van der Waals surface area contributed by atoms with E-state index in [9.17, 15) is 0 Å². The number of aromatic nitrogens is 3. The van der Waals surface area contributed by atoms with Crippen LogP contribution in [-0.4, -0.2) is 27.9 Å². The number of hydrogen-bond acceptors (Lipinski definition) is 4. The normalized spacial score (nSPS) is 18.8. The van der Waals surface area contributed by atoms with Crippen LogP contribution in [0.2, 0.25) is 0 Å². The van der Waals surface area contributed by atoms with Crippen molar-refractivity contribution >= 4 is 5.69 Å². The number of anilines is 1. The Labute approximate surface area is 166 Å². The predicted molar refractivity (Wildman–Crippen MR) is 111 cm³/mol. The minimum Gasteiger partial charge on any atom is -0.438 e. The van der Waals surface area contributed by atoms with Crippen molar-refractivity contribution in [3.63, 3.8) is 0 Å². The molecule has 1 aliphatic carbocycles. The molecule has 0 radical (unpaired) electrons. The first-order valence-corrected chi connectivity index (χ1v) is 10.1. The van der Waals surface area contributed by atoms with Gasteiger partial charge in [0.05, 0.1) is 12.2 Å². The van der Waals surface area contributed by atoms with E-state index in [4.69, 9.17) is 4.74 Å². The van der Waals surface area contributed by atoms with E-state index in [1.807, 2.05) is 31.5 Å². The lowest BCUT2D eigenvalue weighted by atomic mass is 9.93. The second kappa shape index (κ2) is 6.66. The first-order valence-electron chi connectivity index (χ1n) is 10.1. The van der Waals surface area contributed by atoms with Gasteiger partial charge in [-0.05, 0) is 57.2 Å². The third-order valence-electron chi connectivity index (χ3n) is 6.01. The van der Waals surface area contributed by atoms with Crippen LogP contribution in [0.5, 0.6) is 11.6 Å². The van der Waals surface area contributed by atoms with Crippen LogP contribution in [0, 0.1) is 6.92 Å². The zero-order valence-electron chi connectivity index (χ0n) is 16.7. The van der Waals surface area contributed by atoms with Crippen molar-refractivity contribution in [1.29, 1.82) is 0 Å². The fourth-order valence-corrected chi connectivity index (χ4v) is 3.95. The van der Waals surface area contributed by atoms with Crippen molar-refractivity contribution in [2.24, 2.45) is 0 Å². The molecule has 0 bridgehead atoms. The molecule has 3 aromatic rings. The summed E-state index contributed by atoms with van der Waals surface area (Å²) in [6, 6.07) is 9.48. The highest BCUT2D eigenvalue weighted by atomic mass is 16.5. The summed E-state index contributed by atoms with van der Waals surface area (Å²) in [6.07, 6.45) is 10.5. The highest BCUT2D eigenvalue weighted by Gasteiger charge is 2.28. The molecule has 5 nitrogen and oxygen atoms in total. The summed E-state index contributed by atoms with van der Waals surface area (Å²) in [5.41, 5.74) is 5.84. The van der Waals surface area contributed by atoms with E-state index >= 15 is 0 Å². The number of hydrogen-bond donors (Lipinski definition) is 0. The van der Waals surface area contributed by atoms with Crippen LogP contribution in [0.3, 0.4) is 0 Å². The number of benzene rings is 1. The largest absolute Gasteiger partial charge is 0.438 e. The zero-order valence-corrected chi connectivity index (χ0v) is 16.7. The second-order valence-electron chi connectivity index (χ2n) is 8.15. The van der Waals surface area contributed by atoms with E-state index < -0.39 is 0 Å². The van der Waals surface area contributed by atoms with Crippen LogP contribution < -0.4 is 9.64 Å². The Morgan fingerprint density at radius 3 is 2.68 bits per heavy atom. The number of nitrogens with zero attached hydrogens (tertiary/aromatic N) is 4. The molecule has 0 spiro atoms. The fraction of sp³-hybridized carbons (Fsp3) is 0.391. The number of rotatable bonds is 4. The van der Waals surface area contributed by atoms with Gasteiger partial charge in [-0.25, -0.2) is 4.98 Å². The van der Waals surface area contributed by atoms with Crippen LogP contribution in [0.1, 0.15) is 43.4 Å². The van der Waals surface area contributed by atoms with Gasteiger partial charge in [0.25, 0.3) is 0 Å². The minimum absolute atomic E-state index is 0.529. The SMILES string of the molecule is Cc1ccc(Oc2c(-c3cnn(C4CC4)c3)ccc3c2CCC(C)N3C)nc1. The Balaban J connectivity index is 1.61. The Morgan fingerprint density at radius 2 is 1.93 bits per heavy atom. The highest BCUT2D eigenvalue weighted by Crippen LogP contribution is 2.44. The maximum Gasteiger partial charge on any atom is 0.219 e. The van der Waals surface area contributed by atoms with Crippen molar-refractivity contribution < 1.29 is 4.74 Å². The molecular formula is C23H26N4O. The first-order chi connectivity index (χ1) is 13.6. The molecule has 1 unspecified atom stereocenters. The molecule has 0 saturated heterocycles. The quantitative estimate of drug-likeness (QED) is 0.633. The minimum atomic E-state index is 0.529. The zero-order chi connectivity index (χ0) is 19.3. The summed E-state index contributed by atoms with van der Waals surface area (Å²) in [5.74, 6) is 1.55. The molecule has 1 saturated carbocycles. The van der Waals surface area contributed by atoms with Crippen LogP contribution in [0.25, 0.3) is 11.1 Å². The third-order valence-corrected chi connectivity index (χ3v) is 6.01. The van der Waals surface area contributed by atoms with Crippen molar-refractivity contribution in [3.05, 3.63) is 54.0 Å². The monoisotopic (exact) mass is 374 g/mol. The molecule has 1 atom stereocenters. The van der Waals surface area contributed by atoms with E-state index in [1.165, 1.54) is 24.1 Å². The van der Waals surface area contributed by atoms with Gasteiger partial charge in [-0.3, -0.25) is 4.68 Å². The molecule has 1 aromatic carbocycles. The summed E-state index contributed by atoms with van der Waals surface area (Å²) in [5, 5.41) is 4.59. The van der Waals surface area contributed by atoms with Gasteiger partial charge in [-0.1, -0.05) is 6.07 Å². The van der Waals surface area contributed by atoms with Gasteiger partial charge in [0.15, 0.2) is 0 Å². The first kappa shape index (κ1) is 17.3. The van der Waals surface area contributed by atoms with Gasteiger partial charge >= 0.3 is 0 Å². The molecule has 1 aliphatic heterocycles. The molecule has 0 amide bonds. The topological polar surface area (TPSA) is 43.2 Å². The fourth-order valence-electron chi connectivity index (χ4n) is 3.95. The van der Waals surface area contributed by atoms with Crippen molar-refractivity contribution in [3.8, 4) is 22.8 Å². The molecule has 5 heteroatoms. The molecule has 0 N–H and O–H groups in total. The Kier molecular flexibility index (Phi) is 4.11. The van der Waals surface area contributed by atoms with Gasteiger partial charge in [0.1, 0.15) is 5.75 Å². The van der Waals surface area contributed by atoms with Crippen molar-refractivity contribution in [1.82, 2.24) is 14.8 Å². The number of pyridine rings is 1. The van der Waals surface area contributed by atoms with Crippen molar-refractivity contribution in [2.75, 3.05) is 11.9 Å². The van der Waals surface area contributed by atoms with Gasteiger partial charge in [0.2, 0.25) is 5.88 Å². The third kappa shape index (κ3) is 3.05. The summed E-state index contributed by atoms with van der Waals surface area (Å²) in [7, 11) is 2.17. The van der Waals surface area contributed by atoms with Gasteiger partial charge in [-0.2, -0.15) is 5.10 Å². The summed E-state index contributed by atoms with van der Waals surface area (Å²) >= 11 is 0. The van der Waals surface area contributed by atoms with Gasteiger partial charge in [-0.15, -0.1) is 0 Å². The predicted octanol–water partition coefficient (Wildman–Crippen LogP) is 5.15. The second-order valence-corrected chi connectivity index (χ2v) is 8.15. The lowest BCUT2D eigenvalue weighted by Gasteiger charge is -2.35. The Bertz CT molecular complexity index is 1000. The summed E-state index contributed by atoms with van der Waals surface area (Å²) < 4.78 is 8.51. The van der Waals surface area contributed by atoms with E-state index in [2.05, 4.69) is 52.0 Å². The molecule has 2 aliphatic rings. The van der Waals surface area contributed by atoms with Crippen LogP contribution >= 0.6 is 0 Å².